The molecular formula is C10H16BrNO. The van der Waals surface area contributed by atoms with Gasteiger partial charge in [0, 0.05) is 0 Å². The lowest BCUT2D eigenvalue weighted by atomic mass is 10.2. The van der Waals surface area contributed by atoms with Crippen molar-refractivity contribution in [1.82, 2.24) is 5.32 Å². The average Bonchev–Trinajstić information content (AvgIpc) is 2.51. The van der Waals surface area contributed by atoms with Crippen LogP contribution in [0.3, 0.4) is 0 Å². The van der Waals surface area contributed by atoms with Crippen molar-refractivity contribution >= 4 is 15.9 Å². The van der Waals surface area contributed by atoms with Crippen LogP contribution in [0.5, 0.6) is 0 Å². The minimum absolute atomic E-state index is 0.804. The van der Waals surface area contributed by atoms with Crippen LogP contribution in [0.1, 0.15) is 31.9 Å². The number of hydrogen-bond acceptors (Lipinski definition) is 2. The topological polar surface area (TPSA) is 25.2 Å². The van der Waals surface area contributed by atoms with Crippen LogP contribution in [-0.2, 0) is 6.54 Å². The Morgan fingerprint density at radius 1 is 1.38 bits per heavy atom. The van der Waals surface area contributed by atoms with Crippen molar-refractivity contribution in [1.29, 1.82) is 0 Å². The van der Waals surface area contributed by atoms with E-state index in [1.807, 2.05) is 12.1 Å². The molecule has 0 aromatic carbocycles. The number of nitrogens with one attached hydrogen (secondary N) is 1. The largest absolute Gasteiger partial charge is 0.453 e. The Balaban J connectivity index is 2.06. The highest BCUT2D eigenvalue weighted by Gasteiger charge is 1.97. The summed E-state index contributed by atoms with van der Waals surface area (Å²) in [6.45, 7) is 4.12. The fourth-order valence-corrected chi connectivity index (χ4v) is 1.50. The predicted molar refractivity (Wildman–Crippen MR) is 57.6 cm³/mol. The van der Waals surface area contributed by atoms with Gasteiger partial charge in [-0.15, -0.1) is 0 Å². The molecule has 0 aliphatic rings. The Morgan fingerprint density at radius 3 is 2.85 bits per heavy atom. The van der Waals surface area contributed by atoms with Crippen molar-refractivity contribution in [3.63, 3.8) is 0 Å². The molecule has 0 bridgehead atoms. The first-order valence-corrected chi connectivity index (χ1v) is 5.57. The lowest BCUT2D eigenvalue weighted by Crippen LogP contribution is -2.13. The maximum absolute atomic E-state index is 5.34. The van der Waals surface area contributed by atoms with Crippen LogP contribution in [0.25, 0.3) is 0 Å². The molecule has 0 unspecified atom stereocenters. The second-order valence-corrected chi connectivity index (χ2v) is 3.87. The van der Waals surface area contributed by atoms with E-state index >= 15 is 0 Å². The van der Waals surface area contributed by atoms with Gasteiger partial charge < -0.3 is 9.73 Å². The fraction of sp³-hybridized carbons (Fsp3) is 0.600. The van der Waals surface area contributed by atoms with Gasteiger partial charge in [0.1, 0.15) is 5.76 Å². The van der Waals surface area contributed by atoms with Crippen LogP contribution in [0.2, 0.25) is 0 Å². The highest BCUT2D eigenvalue weighted by molar-refractivity contribution is 9.10. The summed E-state index contributed by atoms with van der Waals surface area (Å²) in [5.74, 6) is 0.989. The molecule has 1 heterocycles. The molecule has 1 rings (SSSR count). The third-order valence-corrected chi connectivity index (χ3v) is 2.31. The summed E-state index contributed by atoms with van der Waals surface area (Å²) in [6.07, 6.45) is 3.82. The average molecular weight is 246 g/mol. The normalized spacial score (nSPS) is 10.6. The third kappa shape index (κ3) is 4.48. The van der Waals surface area contributed by atoms with Gasteiger partial charge in [-0.05, 0) is 41.0 Å². The number of halogens is 1. The van der Waals surface area contributed by atoms with Crippen molar-refractivity contribution in [3.05, 3.63) is 22.6 Å². The van der Waals surface area contributed by atoms with E-state index in [9.17, 15) is 0 Å². The van der Waals surface area contributed by atoms with Crippen LogP contribution in [0, 0.1) is 0 Å². The van der Waals surface area contributed by atoms with Gasteiger partial charge in [0.15, 0.2) is 4.67 Å². The van der Waals surface area contributed by atoms with Crippen LogP contribution in [0.15, 0.2) is 21.2 Å². The Kier molecular flexibility index (Phi) is 5.16. The molecule has 0 aliphatic carbocycles. The number of hydrogen-bond donors (Lipinski definition) is 1. The first-order chi connectivity index (χ1) is 6.33. The van der Waals surface area contributed by atoms with Crippen molar-refractivity contribution in [3.8, 4) is 0 Å². The molecule has 0 saturated carbocycles. The molecule has 74 valence electrons. The van der Waals surface area contributed by atoms with Gasteiger partial charge in [-0.25, -0.2) is 0 Å². The van der Waals surface area contributed by atoms with Gasteiger partial charge in [-0.2, -0.15) is 0 Å². The molecule has 0 aliphatic heterocycles. The minimum Gasteiger partial charge on any atom is -0.453 e. The molecule has 0 saturated heterocycles. The summed E-state index contributed by atoms with van der Waals surface area (Å²) >= 11 is 3.27. The van der Waals surface area contributed by atoms with E-state index in [0.29, 0.717) is 0 Å². The number of furan rings is 1. The molecule has 1 N–H and O–H groups in total. The molecule has 0 radical (unpaired) electrons. The monoisotopic (exact) mass is 245 g/mol. The summed E-state index contributed by atoms with van der Waals surface area (Å²) in [7, 11) is 0. The molecule has 0 spiro atoms. The van der Waals surface area contributed by atoms with E-state index in [1.54, 1.807) is 0 Å². The number of unbranched alkanes of at least 4 members (excludes halogenated alkanes) is 2. The van der Waals surface area contributed by atoms with E-state index in [4.69, 9.17) is 4.42 Å². The van der Waals surface area contributed by atoms with E-state index < -0.39 is 0 Å². The SMILES string of the molecule is CCCCCNCc1ccc(Br)o1. The molecule has 13 heavy (non-hydrogen) atoms. The van der Waals surface area contributed by atoms with E-state index in [1.165, 1.54) is 19.3 Å². The van der Waals surface area contributed by atoms with E-state index in [0.717, 1.165) is 23.5 Å². The van der Waals surface area contributed by atoms with Crippen LogP contribution in [-0.4, -0.2) is 6.54 Å². The van der Waals surface area contributed by atoms with Gasteiger partial charge in [0.05, 0.1) is 6.54 Å². The van der Waals surface area contributed by atoms with Gasteiger partial charge >= 0.3 is 0 Å². The summed E-state index contributed by atoms with van der Waals surface area (Å²) in [4.78, 5) is 0. The Bertz CT molecular complexity index is 235. The second kappa shape index (κ2) is 6.22. The predicted octanol–water partition coefficient (Wildman–Crippen LogP) is 3.32. The van der Waals surface area contributed by atoms with Crippen molar-refractivity contribution in [2.45, 2.75) is 32.7 Å². The first-order valence-electron chi connectivity index (χ1n) is 4.78. The zero-order chi connectivity index (χ0) is 9.52. The maximum atomic E-state index is 5.34. The van der Waals surface area contributed by atoms with Gasteiger partial charge in [-0.3, -0.25) is 0 Å². The van der Waals surface area contributed by atoms with E-state index in [2.05, 4.69) is 28.2 Å². The van der Waals surface area contributed by atoms with Gasteiger partial charge in [-0.1, -0.05) is 19.8 Å². The van der Waals surface area contributed by atoms with Crippen LogP contribution >= 0.6 is 15.9 Å². The van der Waals surface area contributed by atoms with Gasteiger partial charge in [0.2, 0.25) is 0 Å². The minimum atomic E-state index is 0.804. The zero-order valence-electron chi connectivity index (χ0n) is 7.98. The Labute approximate surface area is 87.8 Å². The van der Waals surface area contributed by atoms with E-state index in [-0.39, 0.29) is 0 Å². The van der Waals surface area contributed by atoms with Crippen LogP contribution in [0.4, 0.5) is 0 Å². The quantitative estimate of drug-likeness (QED) is 0.779. The first kappa shape index (κ1) is 10.8. The third-order valence-electron chi connectivity index (χ3n) is 1.89. The highest BCUT2D eigenvalue weighted by Crippen LogP contribution is 2.13. The number of rotatable bonds is 6. The molecule has 0 fully saturated rings. The summed E-state index contributed by atoms with van der Waals surface area (Å²) in [5, 5.41) is 3.34. The fourth-order valence-electron chi connectivity index (χ4n) is 1.16. The molecule has 0 atom stereocenters. The van der Waals surface area contributed by atoms with Crippen LogP contribution < -0.4 is 5.32 Å². The maximum Gasteiger partial charge on any atom is 0.169 e. The molecule has 1 aromatic heterocycles. The van der Waals surface area contributed by atoms with Crippen molar-refractivity contribution < 1.29 is 4.42 Å². The van der Waals surface area contributed by atoms with Gasteiger partial charge in [0.25, 0.3) is 0 Å². The Morgan fingerprint density at radius 2 is 2.23 bits per heavy atom. The molecule has 3 heteroatoms. The lowest BCUT2D eigenvalue weighted by molar-refractivity contribution is 0.462. The highest BCUT2D eigenvalue weighted by atomic mass is 79.9. The second-order valence-electron chi connectivity index (χ2n) is 3.09. The Hall–Kier alpha value is -0.280. The lowest BCUT2D eigenvalue weighted by Gasteiger charge is -2.00. The zero-order valence-corrected chi connectivity index (χ0v) is 9.56. The molecule has 1 aromatic rings. The summed E-state index contributed by atoms with van der Waals surface area (Å²) in [6, 6.07) is 3.90. The summed E-state index contributed by atoms with van der Waals surface area (Å²) < 4.78 is 6.15. The standard InChI is InChI=1S/C10H16BrNO/c1-2-3-4-7-12-8-9-5-6-10(11)13-9/h5-6,12H,2-4,7-8H2,1H3. The van der Waals surface area contributed by atoms with Crippen molar-refractivity contribution in [2.75, 3.05) is 6.54 Å². The summed E-state index contributed by atoms with van der Waals surface area (Å²) in [5.41, 5.74) is 0. The smallest absolute Gasteiger partial charge is 0.169 e. The van der Waals surface area contributed by atoms with Crippen molar-refractivity contribution in [2.24, 2.45) is 0 Å². The molecule has 2 nitrogen and oxygen atoms in total. The molecular weight excluding hydrogens is 230 g/mol. The molecule has 0 amide bonds.